The van der Waals surface area contributed by atoms with Gasteiger partial charge < -0.3 is 4.52 Å². The number of nitrogens with zero attached hydrogens (tertiary/aromatic N) is 2. The van der Waals surface area contributed by atoms with Gasteiger partial charge in [0.05, 0.1) is 10.9 Å². The summed E-state index contributed by atoms with van der Waals surface area (Å²) in [5.41, 5.74) is 0.765. The van der Waals surface area contributed by atoms with Gasteiger partial charge in [0.15, 0.2) is 0 Å². The zero-order valence-electron chi connectivity index (χ0n) is 12.7. The number of benzene rings is 2. The molecule has 1 aromatic heterocycles. The van der Waals surface area contributed by atoms with Crippen molar-refractivity contribution < 1.29 is 17.3 Å². The molecule has 24 heavy (non-hydrogen) atoms. The van der Waals surface area contributed by atoms with Crippen molar-refractivity contribution >= 4 is 10.0 Å². The molecule has 0 saturated carbocycles. The maximum absolute atomic E-state index is 12.9. The molecule has 6 nitrogen and oxygen atoms in total. The van der Waals surface area contributed by atoms with Crippen LogP contribution in [0.1, 0.15) is 18.9 Å². The SMILES string of the molecule is CC(NS(=O)(=O)c1ccc(F)cc1)c1nc(-c2ccccc2)no1. The third-order valence-corrected chi connectivity index (χ3v) is 4.86. The Labute approximate surface area is 138 Å². The Kier molecular flexibility index (Phi) is 4.41. The van der Waals surface area contributed by atoms with E-state index in [9.17, 15) is 12.8 Å². The average molecular weight is 347 g/mol. The topological polar surface area (TPSA) is 85.1 Å². The number of nitrogens with one attached hydrogen (secondary N) is 1. The summed E-state index contributed by atoms with van der Waals surface area (Å²) in [5, 5.41) is 3.85. The minimum atomic E-state index is -3.82. The van der Waals surface area contributed by atoms with Gasteiger partial charge in [0, 0.05) is 5.56 Å². The fourth-order valence-corrected chi connectivity index (χ4v) is 3.28. The van der Waals surface area contributed by atoms with E-state index in [0.717, 1.165) is 17.7 Å². The van der Waals surface area contributed by atoms with Gasteiger partial charge in [0.2, 0.25) is 21.7 Å². The Morgan fingerprint density at radius 2 is 1.75 bits per heavy atom. The molecule has 3 aromatic rings. The van der Waals surface area contributed by atoms with Crippen molar-refractivity contribution in [3.63, 3.8) is 0 Å². The lowest BCUT2D eigenvalue weighted by Gasteiger charge is -2.10. The maximum Gasteiger partial charge on any atom is 0.244 e. The molecular formula is C16H14FN3O3S. The van der Waals surface area contributed by atoms with Gasteiger partial charge in [-0.2, -0.15) is 9.71 Å². The molecule has 0 spiro atoms. The number of hydrogen-bond donors (Lipinski definition) is 1. The van der Waals surface area contributed by atoms with Crippen LogP contribution in [0.5, 0.6) is 0 Å². The Morgan fingerprint density at radius 1 is 1.08 bits per heavy atom. The highest BCUT2D eigenvalue weighted by molar-refractivity contribution is 7.89. The Morgan fingerprint density at radius 3 is 2.42 bits per heavy atom. The van der Waals surface area contributed by atoms with E-state index >= 15 is 0 Å². The molecule has 1 unspecified atom stereocenters. The molecule has 0 aliphatic rings. The molecular weight excluding hydrogens is 333 g/mol. The molecule has 8 heteroatoms. The molecule has 0 saturated heterocycles. The number of halogens is 1. The number of rotatable bonds is 5. The van der Waals surface area contributed by atoms with Gasteiger partial charge in [-0.15, -0.1) is 0 Å². The molecule has 1 atom stereocenters. The van der Waals surface area contributed by atoms with Crippen LogP contribution < -0.4 is 4.72 Å². The minimum Gasteiger partial charge on any atom is -0.337 e. The van der Waals surface area contributed by atoms with Gasteiger partial charge in [-0.05, 0) is 31.2 Å². The molecule has 1 N–H and O–H groups in total. The monoisotopic (exact) mass is 347 g/mol. The molecule has 124 valence electrons. The lowest BCUT2D eigenvalue weighted by molar-refractivity contribution is 0.354. The van der Waals surface area contributed by atoms with Gasteiger partial charge in [-0.25, -0.2) is 12.8 Å². The number of hydrogen-bond acceptors (Lipinski definition) is 5. The van der Waals surface area contributed by atoms with Crippen molar-refractivity contribution in [3.05, 3.63) is 66.3 Å². The van der Waals surface area contributed by atoms with Crippen molar-refractivity contribution in [3.8, 4) is 11.4 Å². The van der Waals surface area contributed by atoms with Gasteiger partial charge in [-0.1, -0.05) is 35.5 Å². The predicted octanol–water partition coefficient (Wildman–Crippen LogP) is 2.92. The first kappa shape index (κ1) is 16.3. The molecule has 0 fully saturated rings. The van der Waals surface area contributed by atoms with Gasteiger partial charge in [-0.3, -0.25) is 0 Å². The van der Waals surface area contributed by atoms with Crippen molar-refractivity contribution in [2.75, 3.05) is 0 Å². The molecule has 0 radical (unpaired) electrons. The summed E-state index contributed by atoms with van der Waals surface area (Å²) in [5.74, 6) is 0.00405. The first-order valence-corrected chi connectivity index (χ1v) is 8.61. The normalized spacial score (nSPS) is 12.9. The zero-order valence-corrected chi connectivity index (χ0v) is 13.5. The predicted molar refractivity (Wildman–Crippen MR) is 84.9 cm³/mol. The van der Waals surface area contributed by atoms with Crippen LogP contribution in [0.2, 0.25) is 0 Å². The van der Waals surface area contributed by atoms with Crippen molar-refractivity contribution in [1.82, 2.24) is 14.9 Å². The summed E-state index contributed by atoms with van der Waals surface area (Å²) in [6.07, 6.45) is 0. The summed E-state index contributed by atoms with van der Waals surface area (Å²) in [6.45, 7) is 1.59. The molecule has 2 aromatic carbocycles. The Balaban J connectivity index is 1.79. The van der Waals surface area contributed by atoms with E-state index in [1.165, 1.54) is 12.1 Å². The summed E-state index contributed by atoms with van der Waals surface area (Å²) in [4.78, 5) is 4.16. The second-order valence-electron chi connectivity index (χ2n) is 5.12. The van der Waals surface area contributed by atoms with Gasteiger partial charge in [0.25, 0.3) is 0 Å². The Hall–Kier alpha value is -2.58. The molecule has 0 aliphatic heterocycles. The summed E-state index contributed by atoms with van der Waals surface area (Å²) in [7, 11) is -3.82. The second-order valence-corrected chi connectivity index (χ2v) is 6.83. The summed E-state index contributed by atoms with van der Waals surface area (Å²) >= 11 is 0. The lowest BCUT2D eigenvalue weighted by Crippen LogP contribution is -2.27. The molecule has 3 rings (SSSR count). The highest BCUT2D eigenvalue weighted by atomic mass is 32.2. The number of sulfonamides is 1. The van der Waals surface area contributed by atoms with Crippen LogP contribution in [0.25, 0.3) is 11.4 Å². The summed E-state index contributed by atoms with van der Waals surface area (Å²) in [6, 6.07) is 13.0. The molecule has 0 amide bonds. The van der Waals surface area contributed by atoms with Crippen LogP contribution >= 0.6 is 0 Å². The largest absolute Gasteiger partial charge is 0.337 e. The van der Waals surface area contributed by atoms with Crippen LogP contribution in [-0.2, 0) is 10.0 Å². The Bertz CT molecular complexity index is 925. The molecule has 0 bridgehead atoms. The lowest BCUT2D eigenvalue weighted by atomic mass is 10.2. The molecule has 1 heterocycles. The highest BCUT2D eigenvalue weighted by Crippen LogP contribution is 2.20. The van der Waals surface area contributed by atoms with Gasteiger partial charge >= 0.3 is 0 Å². The van der Waals surface area contributed by atoms with Crippen LogP contribution in [0, 0.1) is 5.82 Å². The van der Waals surface area contributed by atoms with Gasteiger partial charge in [0.1, 0.15) is 5.82 Å². The van der Waals surface area contributed by atoms with Crippen LogP contribution in [0.3, 0.4) is 0 Å². The highest BCUT2D eigenvalue weighted by Gasteiger charge is 2.22. The van der Waals surface area contributed by atoms with Crippen molar-refractivity contribution in [1.29, 1.82) is 0 Å². The maximum atomic E-state index is 12.9. The smallest absolute Gasteiger partial charge is 0.244 e. The van der Waals surface area contributed by atoms with E-state index in [0.29, 0.717) is 5.82 Å². The average Bonchev–Trinajstić information content (AvgIpc) is 3.06. The molecule has 0 aliphatic carbocycles. The van der Waals surface area contributed by atoms with E-state index < -0.39 is 21.9 Å². The standard InChI is InChI=1S/C16H14FN3O3S/c1-11(20-24(21,22)14-9-7-13(17)8-10-14)16-18-15(19-23-16)12-5-3-2-4-6-12/h2-11,20H,1H3. The van der Waals surface area contributed by atoms with Crippen LogP contribution in [0.4, 0.5) is 4.39 Å². The fraction of sp³-hybridized carbons (Fsp3) is 0.125. The minimum absolute atomic E-state index is 0.0430. The van der Waals surface area contributed by atoms with E-state index in [1.54, 1.807) is 6.92 Å². The zero-order chi connectivity index (χ0) is 17.2. The van der Waals surface area contributed by atoms with Crippen molar-refractivity contribution in [2.45, 2.75) is 17.9 Å². The third-order valence-electron chi connectivity index (χ3n) is 3.30. The summed E-state index contributed by atoms with van der Waals surface area (Å²) < 4.78 is 45.0. The van der Waals surface area contributed by atoms with E-state index in [-0.39, 0.29) is 10.8 Å². The van der Waals surface area contributed by atoms with Crippen LogP contribution in [0.15, 0.2) is 64.0 Å². The fourth-order valence-electron chi connectivity index (χ4n) is 2.08. The van der Waals surface area contributed by atoms with Crippen molar-refractivity contribution in [2.24, 2.45) is 0 Å². The van der Waals surface area contributed by atoms with Crippen LogP contribution in [-0.4, -0.2) is 18.6 Å². The van der Waals surface area contributed by atoms with E-state index in [1.807, 2.05) is 30.3 Å². The van der Waals surface area contributed by atoms with E-state index in [4.69, 9.17) is 4.52 Å². The quantitative estimate of drug-likeness (QED) is 0.767. The third kappa shape index (κ3) is 3.50. The first-order valence-electron chi connectivity index (χ1n) is 7.12. The number of aromatic nitrogens is 2. The van der Waals surface area contributed by atoms with E-state index in [2.05, 4.69) is 14.9 Å². The second kappa shape index (κ2) is 6.50. The first-order chi connectivity index (χ1) is 11.5.